The Hall–Kier alpha value is -3.93. The summed E-state index contributed by atoms with van der Waals surface area (Å²) >= 11 is 0. The number of imidazole rings is 1. The smallest absolute Gasteiger partial charge is 0.251 e. The number of fused-ring (bicyclic) bond motifs is 1. The highest BCUT2D eigenvalue weighted by Gasteiger charge is 2.14. The Labute approximate surface area is 180 Å². The van der Waals surface area contributed by atoms with Gasteiger partial charge in [-0.2, -0.15) is 0 Å². The largest absolute Gasteiger partial charge is 0.352 e. The summed E-state index contributed by atoms with van der Waals surface area (Å²) in [5.41, 5.74) is 3.20. The monoisotopic (exact) mass is 412 g/mol. The van der Waals surface area contributed by atoms with Crippen molar-refractivity contribution in [2.45, 2.75) is 19.4 Å². The van der Waals surface area contributed by atoms with Gasteiger partial charge in [0.1, 0.15) is 12.4 Å². The summed E-state index contributed by atoms with van der Waals surface area (Å²) in [5, 5.41) is 5.87. The van der Waals surface area contributed by atoms with E-state index in [9.17, 15) is 9.59 Å². The van der Waals surface area contributed by atoms with E-state index in [1.807, 2.05) is 77.4 Å². The number of nitrogens with zero attached hydrogens (tertiary/aromatic N) is 2. The maximum atomic E-state index is 12.6. The van der Waals surface area contributed by atoms with E-state index < -0.39 is 0 Å². The van der Waals surface area contributed by atoms with Crippen molar-refractivity contribution in [2.24, 2.45) is 0 Å². The number of rotatable bonds is 8. The van der Waals surface area contributed by atoms with E-state index in [0.717, 1.165) is 29.0 Å². The van der Waals surface area contributed by atoms with Gasteiger partial charge < -0.3 is 15.2 Å². The highest BCUT2D eigenvalue weighted by Crippen LogP contribution is 2.17. The minimum absolute atomic E-state index is 0.0867. The molecule has 0 atom stereocenters. The fourth-order valence-electron chi connectivity index (χ4n) is 3.50. The quantitative estimate of drug-likeness (QED) is 0.429. The average molecular weight is 412 g/mol. The molecule has 0 saturated carbocycles. The maximum absolute atomic E-state index is 12.6. The first kappa shape index (κ1) is 20.3. The zero-order valence-corrected chi connectivity index (χ0v) is 17.1. The summed E-state index contributed by atoms with van der Waals surface area (Å²) in [4.78, 5) is 29.6. The number of amides is 2. The zero-order chi connectivity index (χ0) is 21.5. The van der Waals surface area contributed by atoms with Gasteiger partial charge in [-0.25, -0.2) is 4.98 Å². The van der Waals surface area contributed by atoms with E-state index in [4.69, 9.17) is 4.98 Å². The molecule has 3 aromatic carbocycles. The third-order valence-electron chi connectivity index (χ3n) is 4.99. The van der Waals surface area contributed by atoms with Gasteiger partial charge in [-0.05, 0) is 42.8 Å². The summed E-state index contributed by atoms with van der Waals surface area (Å²) in [7, 11) is 0. The molecule has 0 saturated heterocycles. The molecule has 1 aromatic heterocycles. The van der Waals surface area contributed by atoms with E-state index in [2.05, 4.69) is 10.6 Å². The molecule has 0 bridgehead atoms. The number of aromatic nitrogens is 2. The molecule has 6 heteroatoms. The summed E-state index contributed by atoms with van der Waals surface area (Å²) < 4.78 is 1.95. The molecule has 156 valence electrons. The number of anilines is 1. The van der Waals surface area contributed by atoms with E-state index in [-0.39, 0.29) is 18.4 Å². The molecule has 0 radical (unpaired) electrons. The summed E-state index contributed by atoms with van der Waals surface area (Å²) in [6.45, 7) is 0.717. The molecule has 0 spiro atoms. The van der Waals surface area contributed by atoms with Crippen LogP contribution in [0.3, 0.4) is 0 Å². The van der Waals surface area contributed by atoms with Crippen LogP contribution in [-0.4, -0.2) is 27.9 Å². The van der Waals surface area contributed by atoms with Crippen LogP contribution in [0.25, 0.3) is 11.0 Å². The molecule has 2 amide bonds. The first-order valence-electron chi connectivity index (χ1n) is 10.3. The molecule has 0 unspecified atom stereocenters. The van der Waals surface area contributed by atoms with Crippen molar-refractivity contribution in [1.29, 1.82) is 0 Å². The lowest BCUT2D eigenvalue weighted by Crippen LogP contribution is -2.25. The molecule has 4 aromatic rings. The summed E-state index contributed by atoms with van der Waals surface area (Å²) in [6.07, 6.45) is 1.38. The second-order valence-corrected chi connectivity index (χ2v) is 7.24. The second-order valence-electron chi connectivity index (χ2n) is 7.24. The number of hydrogen-bond acceptors (Lipinski definition) is 3. The Kier molecular flexibility index (Phi) is 6.38. The van der Waals surface area contributed by atoms with Crippen molar-refractivity contribution in [1.82, 2.24) is 14.9 Å². The van der Waals surface area contributed by atoms with Gasteiger partial charge in [0.15, 0.2) is 0 Å². The van der Waals surface area contributed by atoms with Crippen LogP contribution >= 0.6 is 0 Å². The molecular formula is C25H24N4O2. The van der Waals surface area contributed by atoms with E-state index in [1.54, 1.807) is 12.1 Å². The molecule has 31 heavy (non-hydrogen) atoms. The van der Waals surface area contributed by atoms with E-state index in [0.29, 0.717) is 18.5 Å². The number of benzene rings is 3. The zero-order valence-electron chi connectivity index (χ0n) is 17.1. The Morgan fingerprint density at radius 2 is 1.52 bits per heavy atom. The fourth-order valence-corrected chi connectivity index (χ4v) is 3.50. The lowest BCUT2D eigenvalue weighted by molar-refractivity contribution is -0.116. The second kappa shape index (κ2) is 9.71. The van der Waals surface area contributed by atoms with Crippen molar-refractivity contribution < 1.29 is 9.59 Å². The van der Waals surface area contributed by atoms with Gasteiger partial charge in [-0.1, -0.05) is 48.5 Å². The standard InChI is InChI=1S/C25H24N4O2/c30-24(27-20-12-5-2-6-13-20)18-29-22-15-8-7-14-21(22)28-23(29)16-9-17-26-25(31)19-10-3-1-4-11-19/h1-8,10-15H,9,16-18H2,(H,26,31)(H,27,30). The number of carbonyl (C=O) groups excluding carboxylic acids is 2. The van der Waals surface area contributed by atoms with E-state index >= 15 is 0 Å². The van der Waals surface area contributed by atoms with Crippen molar-refractivity contribution in [3.05, 3.63) is 96.3 Å². The SMILES string of the molecule is O=C(Cn1c(CCCNC(=O)c2ccccc2)nc2ccccc21)Nc1ccccc1. The van der Waals surface area contributed by atoms with Crippen molar-refractivity contribution in [3.63, 3.8) is 0 Å². The number of aryl methyl sites for hydroxylation is 1. The normalized spacial score (nSPS) is 10.7. The number of para-hydroxylation sites is 3. The van der Waals surface area contributed by atoms with Crippen LogP contribution in [0.2, 0.25) is 0 Å². The van der Waals surface area contributed by atoms with Crippen LogP contribution in [-0.2, 0) is 17.8 Å². The van der Waals surface area contributed by atoms with Gasteiger partial charge in [0.25, 0.3) is 5.91 Å². The summed E-state index contributed by atoms with van der Waals surface area (Å²) in [5.74, 6) is 0.641. The fraction of sp³-hybridized carbons (Fsp3) is 0.160. The number of carbonyl (C=O) groups is 2. The molecule has 0 aliphatic rings. The molecule has 2 N–H and O–H groups in total. The predicted octanol–water partition coefficient (Wildman–Crippen LogP) is 4.04. The summed E-state index contributed by atoms with van der Waals surface area (Å²) in [6, 6.07) is 26.4. The third-order valence-corrected chi connectivity index (χ3v) is 4.99. The average Bonchev–Trinajstić information content (AvgIpc) is 3.15. The Bertz CT molecular complexity index is 1170. The molecular weight excluding hydrogens is 388 g/mol. The van der Waals surface area contributed by atoms with Crippen LogP contribution in [0, 0.1) is 0 Å². The van der Waals surface area contributed by atoms with Gasteiger partial charge in [0.05, 0.1) is 11.0 Å². The lowest BCUT2D eigenvalue weighted by atomic mass is 10.2. The Balaban J connectivity index is 1.41. The van der Waals surface area contributed by atoms with Gasteiger partial charge in [-0.15, -0.1) is 0 Å². The molecule has 0 aliphatic heterocycles. The number of nitrogens with one attached hydrogen (secondary N) is 2. The molecule has 0 fully saturated rings. The van der Waals surface area contributed by atoms with Crippen LogP contribution in [0.5, 0.6) is 0 Å². The predicted molar refractivity (Wildman–Crippen MR) is 122 cm³/mol. The third kappa shape index (κ3) is 5.17. The van der Waals surface area contributed by atoms with Crippen LogP contribution in [0.1, 0.15) is 22.6 Å². The van der Waals surface area contributed by atoms with Crippen molar-refractivity contribution >= 4 is 28.5 Å². The van der Waals surface area contributed by atoms with Crippen LogP contribution in [0.4, 0.5) is 5.69 Å². The first-order chi connectivity index (χ1) is 15.2. The molecule has 6 nitrogen and oxygen atoms in total. The highest BCUT2D eigenvalue weighted by atomic mass is 16.2. The maximum Gasteiger partial charge on any atom is 0.251 e. The van der Waals surface area contributed by atoms with Crippen molar-refractivity contribution in [3.8, 4) is 0 Å². The topological polar surface area (TPSA) is 76.0 Å². The molecule has 1 heterocycles. The van der Waals surface area contributed by atoms with E-state index in [1.165, 1.54) is 0 Å². The Morgan fingerprint density at radius 3 is 2.29 bits per heavy atom. The molecule has 4 rings (SSSR count). The number of hydrogen-bond donors (Lipinski definition) is 2. The Morgan fingerprint density at radius 1 is 0.839 bits per heavy atom. The van der Waals surface area contributed by atoms with Crippen molar-refractivity contribution in [2.75, 3.05) is 11.9 Å². The lowest BCUT2D eigenvalue weighted by Gasteiger charge is -2.10. The van der Waals surface area contributed by atoms with Gasteiger partial charge in [-0.3, -0.25) is 9.59 Å². The van der Waals surface area contributed by atoms with Gasteiger partial charge in [0.2, 0.25) is 5.91 Å². The van der Waals surface area contributed by atoms with Gasteiger partial charge in [0, 0.05) is 24.2 Å². The minimum atomic E-state index is -0.104. The van der Waals surface area contributed by atoms with Crippen LogP contribution < -0.4 is 10.6 Å². The minimum Gasteiger partial charge on any atom is -0.352 e. The molecule has 0 aliphatic carbocycles. The first-order valence-corrected chi connectivity index (χ1v) is 10.3. The van der Waals surface area contributed by atoms with Crippen LogP contribution in [0.15, 0.2) is 84.9 Å². The van der Waals surface area contributed by atoms with Gasteiger partial charge >= 0.3 is 0 Å². The highest BCUT2D eigenvalue weighted by molar-refractivity contribution is 5.94.